The molecular weight excluding hydrogens is 445 g/mol. The number of nitrogens with zero attached hydrogens (tertiary/aromatic N) is 2. The van der Waals surface area contributed by atoms with E-state index in [1.165, 1.54) is 12.1 Å². The van der Waals surface area contributed by atoms with Gasteiger partial charge in [-0.25, -0.2) is 4.98 Å². The molecule has 4 rings (SSSR count). The molecule has 0 N–H and O–H groups in total. The van der Waals surface area contributed by atoms with Crippen LogP contribution in [0.5, 0.6) is 11.6 Å². The molecule has 1 aromatic heterocycles. The van der Waals surface area contributed by atoms with Crippen LogP contribution in [0.3, 0.4) is 0 Å². The lowest BCUT2D eigenvalue weighted by Crippen LogP contribution is -2.15. The molecule has 0 amide bonds. The van der Waals surface area contributed by atoms with Crippen molar-refractivity contribution in [1.29, 1.82) is 5.26 Å². The van der Waals surface area contributed by atoms with E-state index < -0.39 is 35.1 Å². The topological polar surface area (TPSA) is 72.2 Å². The highest BCUT2D eigenvalue weighted by Gasteiger charge is 2.63. The molecule has 3 atom stereocenters. The maximum Gasteiger partial charge on any atom is 0.416 e. The van der Waals surface area contributed by atoms with Crippen molar-refractivity contribution >= 4 is 5.97 Å². The zero-order chi connectivity index (χ0) is 24.5. The molecule has 0 saturated heterocycles. The first-order valence-corrected chi connectivity index (χ1v) is 10.6. The van der Waals surface area contributed by atoms with Gasteiger partial charge in [0.2, 0.25) is 12.0 Å². The summed E-state index contributed by atoms with van der Waals surface area (Å²) in [4.78, 5) is 17.2. The van der Waals surface area contributed by atoms with E-state index in [2.05, 4.69) is 4.98 Å². The van der Waals surface area contributed by atoms with Gasteiger partial charge in [-0.2, -0.15) is 18.4 Å². The van der Waals surface area contributed by atoms with Gasteiger partial charge in [0.05, 0.1) is 17.2 Å². The lowest BCUT2D eigenvalue weighted by Gasteiger charge is -2.12. The number of alkyl halides is 3. The highest BCUT2D eigenvalue weighted by Crippen LogP contribution is 2.65. The van der Waals surface area contributed by atoms with Crippen molar-refractivity contribution in [3.05, 3.63) is 89.6 Å². The normalized spacial score (nSPS) is 19.5. The molecule has 2 aromatic carbocycles. The fourth-order valence-electron chi connectivity index (χ4n) is 4.16. The Morgan fingerprint density at radius 1 is 1.03 bits per heavy atom. The molecule has 8 heteroatoms. The maximum absolute atomic E-state index is 12.9. The number of benzene rings is 2. The third kappa shape index (κ3) is 4.74. The second-order valence-corrected chi connectivity index (χ2v) is 8.66. The molecule has 174 valence electrons. The summed E-state index contributed by atoms with van der Waals surface area (Å²) < 4.78 is 49.8. The van der Waals surface area contributed by atoms with E-state index in [9.17, 15) is 23.2 Å². The van der Waals surface area contributed by atoms with Crippen LogP contribution in [-0.2, 0) is 15.7 Å². The van der Waals surface area contributed by atoms with Crippen molar-refractivity contribution in [2.45, 2.75) is 32.0 Å². The third-order valence-electron chi connectivity index (χ3n) is 6.01. The molecule has 1 fully saturated rings. The van der Waals surface area contributed by atoms with E-state index in [-0.39, 0.29) is 17.5 Å². The van der Waals surface area contributed by atoms with Gasteiger partial charge >= 0.3 is 12.1 Å². The van der Waals surface area contributed by atoms with E-state index in [4.69, 9.17) is 9.47 Å². The first-order chi connectivity index (χ1) is 16.1. The minimum absolute atomic E-state index is 0.216. The number of nitriles is 1. The number of aromatic nitrogens is 1. The minimum Gasteiger partial charge on any atom is -0.440 e. The summed E-state index contributed by atoms with van der Waals surface area (Å²) in [6.45, 7) is 3.68. The molecule has 0 bridgehead atoms. The number of para-hydroxylation sites is 1. The van der Waals surface area contributed by atoms with Crippen molar-refractivity contribution in [2.75, 3.05) is 0 Å². The number of rotatable bonds is 6. The van der Waals surface area contributed by atoms with E-state index >= 15 is 0 Å². The summed E-state index contributed by atoms with van der Waals surface area (Å²) in [5.41, 5.74) is -0.441. The summed E-state index contributed by atoms with van der Waals surface area (Å²) in [7, 11) is 0. The Kier molecular flexibility index (Phi) is 6.05. The van der Waals surface area contributed by atoms with Crippen molar-refractivity contribution in [2.24, 2.45) is 11.3 Å². The molecule has 5 nitrogen and oxygen atoms in total. The van der Waals surface area contributed by atoms with Crippen LogP contribution in [-0.4, -0.2) is 11.0 Å². The summed E-state index contributed by atoms with van der Waals surface area (Å²) in [5.74, 6) is -0.699. The Morgan fingerprint density at radius 2 is 1.71 bits per heavy atom. The standard InChI is InChI=1S/C26H21F3N2O3/c1-25(2)22(16-11-13-17(14-12-16)26(27,28)29)23(25)24(32)34-20(15-30)19-9-6-10-21(31-19)33-18-7-4-3-5-8-18/h3-14,20,22-23H,1-2H3. The quantitative estimate of drug-likeness (QED) is 0.391. The molecule has 1 aliphatic carbocycles. The number of carbonyl (C=O) groups is 1. The summed E-state index contributed by atoms with van der Waals surface area (Å²) in [5, 5.41) is 9.62. The Labute approximate surface area is 194 Å². The van der Waals surface area contributed by atoms with E-state index in [0.717, 1.165) is 12.1 Å². The summed E-state index contributed by atoms with van der Waals surface area (Å²) >= 11 is 0. The molecule has 3 unspecified atom stereocenters. The van der Waals surface area contributed by atoms with Crippen molar-refractivity contribution in [1.82, 2.24) is 4.98 Å². The van der Waals surface area contributed by atoms with Crippen LogP contribution in [0.2, 0.25) is 0 Å². The van der Waals surface area contributed by atoms with Crippen LogP contribution in [0.4, 0.5) is 13.2 Å². The predicted molar refractivity (Wildman–Crippen MR) is 117 cm³/mol. The molecular formula is C26H21F3N2O3. The zero-order valence-corrected chi connectivity index (χ0v) is 18.4. The predicted octanol–water partition coefficient (Wildman–Crippen LogP) is 6.44. The van der Waals surface area contributed by atoms with Crippen LogP contribution < -0.4 is 4.74 Å². The Bertz CT molecular complexity index is 1220. The average molecular weight is 466 g/mol. The zero-order valence-electron chi connectivity index (χ0n) is 18.4. The molecule has 1 heterocycles. The van der Waals surface area contributed by atoms with Gasteiger partial charge in [-0.15, -0.1) is 0 Å². The molecule has 0 spiro atoms. The first-order valence-electron chi connectivity index (χ1n) is 10.6. The highest BCUT2D eigenvalue weighted by molar-refractivity contribution is 5.80. The molecule has 34 heavy (non-hydrogen) atoms. The fraction of sp³-hybridized carbons (Fsp3) is 0.269. The highest BCUT2D eigenvalue weighted by atomic mass is 19.4. The second kappa shape index (κ2) is 8.82. The lowest BCUT2D eigenvalue weighted by atomic mass is 10.0. The van der Waals surface area contributed by atoms with Gasteiger partial charge in [0.1, 0.15) is 11.8 Å². The monoisotopic (exact) mass is 466 g/mol. The SMILES string of the molecule is CC1(C)C(C(=O)OC(C#N)c2cccc(Oc3ccccc3)n2)C1c1ccc(C(F)(F)F)cc1. The second-order valence-electron chi connectivity index (χ2n) is 8.66. The van der Waals surface area contributed by atoms with E-state index in [1.807, 2.05) is 38.1 Å². The van der Waals surface area contributed by atoms with Crippen LogP contribution >= 0.6 is 0 Å². The smallest absolute Gasteiger partial charge is 0.416 e. The van der Waals surface area contributed by atoms with Gasteiger partial charge in [0.15, 0.2) is 0 Å². The van der Waals surface area contributed by atoms with Crippen LogP contribution in [0.15, 0.2) is 72.8 Å². The van der Waals surface area contributed by atoms with Crippen LogP contribution in [0.25, 0.3) is 0 Å². The Hall–Kier alpha value is -3.86. The fourth-order valence-corrected chi connectivity index (χ4v) is 4.16. The van der Waals surface area contributed by atoms with Gasteiger partial charge < -0.3 is 9.47 Å². The minimum atomic E-state index is -4.43. The Balaban J connectivity index is 1.47. The van der Waals surface area contributed by atoms with E-state index in [1.54, 1.807) is 30.3 Å². The molecule has 0 radical (unpaired) electrons. The summed E-state index contributed by atoms with van der Waals surface area (Å²) in [6.07, 6.45) is -5.68. The summed E-state index contributed by atoms with van der Waals surface area (Å²) in [6, 6.07) is 20.5. The first kappa shape index (κ1) is 23.3. The van der Waals surface area contributed by atoms with Gasteiger partial charge in [-0.3, -0.25) is 4.79 Å². The molecule has 1 saturated carbocycles. The number of esters is 1. The number of ether oxygens (including phenoxy) is 2. The number of pyridine rings is 1. The molecule has 3 aromatic rings. The number of halogens is 3. The lowest BCUT2D eigenvalue weighted by molar-refractivity contribution is -0.149. The van der Waals surface area contributed by atoms with Crippen molar-refractivity contribution in [3.8, 4) is 17.7 Å². The van der Waals surface area contributed by atoms with Crippen molar-refractivity contribution in [3.63, 3.8) is 0 Å². The largest absolute Gasteiger partial charge is 0.440 e. The van der Waals surface area contributed by atoms with Gasteiger partial charge in [0.25, 0.3) is 0 Å². The van der Waals surface area contributed by atoms with Gasteiger partial charge in [-0.05, 0) is 41.3 Å². The molecule has 0 aliphatic heterocycles. The average Bonchev–Trinajstić information content (AvgIpc) is 3.39. The van der Waals surface area contributed by atoms with E-state index in [0.29, 0.717) is 11.3 Å². The number of hydrogen-bond acceptors (Lipinski definition) is 5. The van der Waals surface area contributed by atoms with Crippen LogP contribution in [0, 0.1) is 22.7 Å². The number of hydrogen-bond donors (Lipinski definition) is 0. The van der Waals surface area contributed by atoms with Gasteiger partial charge in [0, 0.05) is 12.0 Å². The Morgan fingerprint density at radius 3 is 2.32 bits per heavy atom. The van der Waals surface area contributed by atoms with Gasteiger partial charge in [-0.1, -0.05) is 50.2 Å². The maximum atomic E-state index is 12.9. The third-order valence-corrected chi connectivity index (χ3v) is 6.01. The van der Waals surface area contributed by atoms with Crippen molar-refractivity contribution < 1.29 is 27.4 Å². The molecule has 1 aliphatic rings. The van der Waals surface area contributed by atoms with Crippen LogP contribution in [0.1, 0.15) is 42.7 Å². The number of carbonyl (C=O) groups excluding carboxylic acids is 1.